The van der Waals surface area contributed by atoms with Crippen molar-refractivity contribution < 1.29 is 14.4 Å². The Morgan fingerprint density at radius 2 is 1.64 bits per heavy atom. The van der Waals surface area contributed by atoms with Crippen LogP contribution in [0.1, 0.15) is 22.3 Å². The molecular weight excluding hydrogens is 354 g/mol. The van der Waals surface area contributed by atoms with Gasteiger partial charge in [0.25, 0.3) is 0 Å². The lowest BCUT2D eigenvalue weighted by molar-refractivity contribution is -0.157. The van der Waals surface area contributed by atoms with Gasteiger partial charge >= 0.3 is 11.8 Å². The molecule has 0 spiro atoms. The van der Waals surface area contributed by atoms with Crippen LogP contribution in [0.5, 0.6) is 0 Å². The van der Waals surface area contributed by atoms with E-state index in [4.69, 9.17) is 0 Å². The predicted molar refractivity (Wildman–Crippen MR) is 108 cm³/mol. The molecule has 1 aliphatic heterocycles. The molecule has 3 amide bonds. The largest absolute Gasteiger partial charge is 0.328 e. The summed E-state index contributed by atoms with van der Waals surface area (Å²) < 4.78 is 0. The van der Waals surface area contributed by atoms with Crippen molar-refractivity contribution in [3.05, 3.63) is 64.7 Å². The lowest BCUT2D eigenvalue weighted by Gasteiger charge is -2.33. The molecule has 0 radical (unpaired) electrons. The fourth-order valence-corrected chi connectivity index (χ4v) is 3.24. The van der Waals surface area contributed by atoms with Gasteiger partial charge in [-0.3, -0.25) is 14.4 Å². The van der Waals surface area contributed by atoms with Gasteiger partial charge in [0, 0.05) is 25.3 Å². The molecule has 0 atom stereocenters. The normalized spacial score (nSPS) is 14.4. The number of carbonyl (C=O) groups excluding carboxylic acids is 3. The smallest absolute Gasteiger partial charge is 0.312 e. The number of nitrogens with one attached hydrogen (secondary N) is 1. The van der Waals surface area contributed by atoms with Gasteiger partial charge in [-0.15, -0.1) is 0 Å². The third-order valence-electron chi connectivity index (χ3n) is 4.98. The first-order chi connectivity index (χ1) is 13.3. The van der Waals surface area contributed by atoms with E-state index in [-0.39, 0.29) is 12.5 Å². The van der Waals surface area contributed by atoms with Gasteiger partial charge in [-0.25, -0.2) is 0 Å². The minimum absolute atomic E-state index is 0.129. The second kappa shape index (κ2) is 8.25. The van der Waals surface area contributed by atoms with Crippen LogP contribution in [0.3, 0.4) is 0 Å². The number of hydrogen-bond acceptors (Lipinski definition) is 3. The van der Waals surface area contributed by atoms with Crippen molar-refractivity contribution in [1.82, 2.24) is 9.80 Å². The second-order valence-corrected chi connectivity index (χ2v) is 7.29. The average molecular weight is 379 g/mol. The first kappa shape index (κ1) is 19.6. The Morgan fingerprint density at radius 1 is 0.929 bits per heavy atom. The van der Waals surface area contributed by atoms with Crippen LogP contribution in [-0.4, -0.2) is 47.2 Å². The fraction of sp³-hybridized carbons (Fsp3) is 0.318. The minimum atomic E-state index is -0.630. The molecule has 0 aliphatic carbocycles. The Labute approximate surface area is 165 Å². The van der Waals surface area contributed by atoms with Crippen LogP contribution in [0, 0.1) is 20.8 Å². The van der Waals surface area contributed by atoms with Gasteiger partial charge in [0.2, 0.25) is 5.91 Å². The Balaban J connectivity index is 1.58. The van der Waals surface area contributed by atoms with Gasteiger partial charge in [-0.05, 0) is 49.6 Å². The molecule has 0 bridgehead atoms. The van der Waals surface area contributed by atoms with Crippen LogP contribution >= 0.6 is 0 Å². The highest BCUT2D eigenvalue weighted by molar-refractivity contribution is 6.35. The molecule has 1 N–H and O–H groups in total. The van der Waals surface area contributed by atoms with Crippen molar-refractivity contribution in [2.75, 3.05) is 25.0 Å². The van der Waals surface area contributed by atoms with E-state index in [1.54, 1.807) is 0 Å². The van der Waals surface area contributed by atoms with Gasteiger partial charge in [-0.1, -0.05) is 35.9 Å². The van der Waals surface area contributed by atoms with Gasteiger partial charge in [0.15, 0.2) is 0 Å². The van der Waals surface area contributed by atoms with E-state index in [1.807, 2.05) is 63.2 Å². The van der Waals surface area contributed by atoms with Gasteiger partial charge in [0.1, 0.15) is 6.54 Å². The third-order valence-corrected chi connectivity index (χ3v) is 4.98. The number of benzene rings is 2. The van der Waals surface area contributed by atoms with E-state index < -0.39 is 11.8 Å². The first-order valence-electron chi connectivity index (χ1n) is 9.34. The summed E-state index contributed by atoms with van der Waals surface area (Å²) in [5.41, 5.74) is 5.00. The zero-order chi connectivity index (χ0) is 20.3. The molecule has 28 heavy (non-hydrogen) atoms. The van der Waals surface area contributed by atoms with Crippen LogP contribution in [0.25, 0.3) is 0 Å². The molecule has 2 aromatic rings. The topological polar surface area (TPSA) is 69.7 Å². The second-order valence-electron chi connectivity index (χ2n) is 7.29. The number of rotatable bonds is 5. The number of hydrogen-bond donors (Lipinski definition) is 1. The standard InChI is InChI=1S/C22H25N3O3/c1-15-5-4-6-18(11-15)13-24-9-10-25(22(28)21(24)27)14-20(26)23-19-8-7-16(2)17(3)12-19/h4-8,11-12H,9-10,13-14H2,1-3H3,(H,23,26). The molecule has 3 rings (SSSR count). The summed E-state index contributed by atoms with van der Waals surface area (Å²) in [4.78, 5) is 40.0. The maximum Gasteiger partial charge on any atom is 0.312 e. The highest BCUT2D eigenvalue weighted by Gasteiger charge is 2.33. The number of anilines is 1. The van der Waals surface area contributed by atoms with Crippen molar-refractivity contribution in [2.24, 2.45) is 0 Å². The van der Waals surface area contributed by atoms with Crippen molar-refractivity contribution in [2.45, 2.75) is 27.3 Å². The van der Waals surface area contributed by atoms with E-state index in [9.17, 15) is 14.4 Å². The van der Waals surface area contributed by atoms with Gasteiger partial charge in [-0.2, -0.15) is 0 Å². The number of amides is 3. The molecule has 6 nitrogen and oxygen atoms in total. The minimum Gasteiger partial charge on any atom is -0.328 e. The predicted octanol–water partition coefficient (Wildman–Crippen LogP) is 2.42. The van der Waals surface area contributed by atoms with Gasteiger partial charge < -0.3 is 15.1 Å². The number of piperazine rings is 1. The molecule has 146 valence electrons. The van der Waals surface area contributed by atoms with E-state index in [2.05, 4.69) is 5.32 Å². The zero-order valence-corrected chi connectivity index (χ0v) is 16.5. The highest BCUT2D eigenvalue weighted by atomic mass is 16.2. The summed E-state index contributed by atoms with van der Waals surface area (Å²) in [5.74, 6) is -1.50. The van der Waals surface area contributed by atoms with Crippen molar-refractivity contribution in [1.29, 1.82) is 0 Å². The maximum absolute atomic E-state index is 12.4. The van der Waals surface area contributed by atoms with Crippen LogP contribution in [-0.2, 0) is 20.9 Å². The molecule has 1 aliphatic rings. The quantitative estimate of drug-likeness (QED) is 0.811. The number of carbonyl (C=O) groups is 3. The average Bonchev–Trinajstić information content (AvgIpc) is 2.64. The fourth-order valence-electron chi connectivity index (χ4n) is 3.24. The molecule has 0 aromatic heterocycles. The number of nitrogens with zero attached hydrogens (tertiary/aromatic N) is 2. The Hall–Kier alpha value is -3.15. The molecular formula is C22H25N3O3. The lowest BCUT2D eigenvalue weighted by Crippen LogP contribution is -2.55. The van der Waals surface area contributed by atoms with E-state index in [0.717, 1.165) is 22.3 Å². The number of aryl methyl sites for hydroxylation is 3. The molecule has 1 fully saturated rings. The summed E-state index contributed by atoms with van der Waals surface area (Å²) in [7, 11) is 0. The third kappa shape index (κ3) is 4.57. The summed E-state index contributed by atoms with van der Waals surface area (Å²) in [6, 6.07) is 13.5. The zero-order valence-electron chi connectivity index (χ0n) is 16.5. The lowest BCUT2D eigenvalue weighted by atomic mass is 10.1. The Bertz CT molecular complexity index is 923. The summed E-state index contributed by atoms with van der Waals surface area (Å²) in [5, 5.41) is 2.79. The molecule has 2 aromatic carbocycles. The summed E-state index contributed by atoms with van der Waals surface area (Å²) in [6.45, 7) is 6.99. The molecule has 1 heterocycles. The Morgan fingerprint density at radius 3 is 2.36 bits per heavy atom. The maximum atomic E-state index is 12.4. The van der Waals surface area contributed by atoms with Crippen molar-refractivity contribution in [3.63, 3.8) is 0 Å². The molecule has 0 unspecified atom stereocenters. The monoisotopic (exact) mass is 379 g/mol. The SMILES string of the molecule is Cc1cccc(CN2CCN(CC(=O)Nc3ccc(C)c(C)c3)C(=O)C2=O)c1. The van der Waals surface area contributed by atoms with E-state index in [1.165, 1.54) is 9.80 Å². The van der Waals surface area contributed by atoms with Crippen LogP contribution < -0.4 is 5.32 Å². The van der Waals surface area contributed by atoms with Gasteiger partial charge in [0.05, 0.1) is 0 Å². The Kier molecular flexibility index (Phi) is 5.78. The van der Waals surface area contributed by atoms with Crippen LogP contribution in [0.4, 0.5) is 5.69 Å². The van der Waals surface area contributed by atoms with Crippen LogP contribution in [0.2, 0.25) is 0 Å². The van der Waals surface area contributed by atoms with Crippen LogP contribution in [0.15, 0.2) is 42.5 Å². The highest BCUT2D eigenvalue weighted by Crippen LogP contribution is 2.15. The molecule has 6 heteroatoms. The van der Waals surface area contributed by atoms with E-state index in [0.29, 0.717) is 25.3 Å². The summed E-state index contributed by atoms with van der Waals surface area (Å²) >= 11 is 0. The van der Waals surface area contributed by atoms with E-state index >= 15 is 0 Å². The van der Waals surface area contributed by atoms with Crippen molar-refractivity contribution >= 4 is 23.4 Å². The molecule has 1 saturated heterocycles. The van der Waals surface area contributed by atoms with Crippen molar-refractivity contribution in [3.8, 4) is 0 Å². The molecule has 0 saturated carbocycles. The first-order valence-corrected chi connectivity index (χ1v) is 9.34. The summed E-state index contributed by atoms with van der Waals surface area (Å²) in [6.07, 6.45) is 0.